The zero-order valence-electron chi connectivity index (χ0n) is 16.3. The first-order valence-corrected chi connectivity index (χ1v) is 9.06. The van der Waals surface area contributed by atoms with Crippen LogP contribution in [0.1, 0.15) is 41.1 Å². The first kappa shape index (κ1) is 20.0. The summed E-state index contributed by atoms with van der Waals surface area (Å²) in [5.74, 6) is 0.382. The summed E-state index contributed by atoms with van der Waals surface area (Å²) in [4.78, 5) is 23.3. The molecule has 0 radical (unpaired) electrons. The van der Waals surface area contributed by atoms with Crippen LogP contribution in [0.4, 0.5) is 5.69 Å². The molecule has 9 nitrogen and oxygen atoms in total. The lowest BCUT2D eigenvalue weighted by molar-refractivity contribution is -0.384. The molecule has 1 atom stereocenters. The van der Waals surface area contributed by atoms with E-state index in [9.17, 15) is 14.9 Å². The molecular formula is C20H21N5O4. The highest BCUT2D eigenvalue weighted by Crippen LogP contribution is 2.22. The van der Waals surface area contributed by atoms with Gasteiger partial charge >= 0.3 is 0 Å². The van der Waals surface area contributed by atoms with Gasteiger partial charge in [-0.25, -0.2) is 4.68 Å². The number of nitrogens with zero attached hydrogens (tertiary/aromatic N) is 4. The minimum Gasteiger partial charge on any atom is -0.497 e. The topological polar surface area (TPSA) is 112 Å². The number of nitrogens with one attached hydrogen (secondary N) is 1. The van der Waals surface area contributed by atoms with Gasteiger partial charge in [-0.15, -0.1) is 5.10 Å². The molecule has 9 heteroatoms. The Kier molecular flexibility index (Phi) is 5.87. The maximum absolute atomic E-state index is 12.8. The molecule has 0 aliphatic rings. The first-order chi connectivity index (χ1) is 13.9. The molecule has 0 aliphatic heterocycles. The summed E-state index contributed by atoms with van der Waals surface area (Å²) in [7, 11) is 1.60. The van der Waals surface area contributed by atoms with Gasteiger partial charge in [0.25, 0.3) is 11.6 Å². The van der Waals surface area contributed by atoms with Crippen LogP contribution in [-0.4, -0.2) is 32.9 Å². The number of aromatic nitrogens is 3. The third-order valence-corrected chi connectivity index (χ3v) is 4.63. The quantitative estimate of drug-likeness (QED) is 0.485. The van der Waals surface area contributed by atoms with Crippen molar-refractivity contribution in [1.82, 2.24) is 20.3 Å². The van der Waals surface area contributed by atoms with Crippen molar-refractivity contribution in [2.24, 2.45) is 0 Å². The van der Waals surface area contributed by atoms with Crippen molar-refractivity contribution >= 4 is 11.6 Å². The number of rotatable bonds is 7. The maximum atomic E-state index is 12.8. The van der Waals surface area contributed by atoms with Gasteiger partial charge in [0.2, 0.25) is 0 Å². The second-order valence-corrected chi connectivity index (χ2v) is 6.42. The Morgan fingerprint density at radius 3 is 2.62 bits per heavy atom. The number of hydrogen-bond acceptors (Lipinski definition) is 6. The maximum Gasteiger partial charge on any atom is 0.274 e. The summed E-state index contributed by atoms with van der Waals surface area (Å²) in [5.41, 5.74) is 2.01. The summed E-state index contributed by atoms with van der Waals surface area (Å²) in [6.07, 6.45) is 0.691. The molecule has 0 saturated carbocycles. The Labute approximate surface area is 167 Å². The van der Waals surface area contributed by atoms with Crippen molar-refractivity contribution in [3.05, 3.63) is 75.6 Å². The predicted octanol–water partition coefficient (Wildman–Crippen LogP) is 3.37. The largest absolute Gasteiger partial charge is 0.497 e. The summed E-state index contributed by atoms with van der Waals surface area (Å²) in [5, 5.41) is 22.0. The third kappa shape index (κ3) is 4.23. The number of carbonyl (C=O) groups excluding carboxylic acids is 1. The summed E-state index contributed by atoms with van der Waals surface area (Å²) < 4.78 is 6.58. The smallest absolute Gasteiger partial charge is 0.274 e. The van der Waals surface area contributed by atoms with Crippen LogP contribution >= 0.6 is 0 Å². The molecule has 1 aromatic heterocycles. The molecule has 0 saturated heterocycles. The summed E-state index contributed by atoms with van der Waals surface area (Å²) >= 11 is 0. The van der Waals surface area contributed by atoms with Crippen LogP contribution in [0, 0.1) is 17.0 Å². The van der Waals surface area contributed by atoms with E-state index in [1.165, 1.54) is 16.8 Å². The Hall–Kier alpha value is -3.75. The minimum atomic E-state index is -0.482. The van der Waals surface area contributed by atoms with E-state index >= 15 is 0 Å². The SMILES string of the molecule is CCC(NC(=O)c1nnn(-c2cccc([N+](=O)[O-])c2)c1C)c1ccc(OC)cc1. The number of amides is 1. The fraction of sp³-hybridized carbons (Fsp3) is 0.250. The molecule has 1 N–H and O–H groups in total. The standard InChI is InChI=1S/C20H21N5O4/c1-4-18(14-8-10-17(29-3)11-9-14)21-20(26)19-13(2)24(23-22-19)15-6-5-7-16(12-15)25(27)28/h5-12,18H,4H2,1-3H3,(H,21,26). The highest BCUT2D eigenvalue weighted by molar-refractivity contribution is 5.93. The number of nitro benzene ring substituents is 1. The normalized spacial score (nSPS) is 11.7. The number of methoxy groups -OCH3 is 1. The number of ether oxygens (including phenoxy) is 1. The number of carbonyl (C=O) groups is 1. The van der Waals surface area contributed by atoms with Gasteiger partial charge in [0.1, 0.15) is 5.75 Å². The minimum absolute atomic E-state index is 0.0612. The molecule has 2 aromatic carbocycles. The number of benzene rings is 2. The van der Waals surface area contributed by atoms with Gasteiger partial charge in [-0.05, 0) is 37.1 Å². The zero-order valence-corrected chi connectivity index (χ0v) is 16.3. The van der Waals surface area contributed by atoms with Gasteiger partial charge < -0.3 is 10.1 Å². The van der Waals surface area contributed by atoms with Crippen LogP contribution in [0.5, 0.6) is 5.75 Å². The Morgan fingerprint density at radius 1 is 1.28 bits per heavy atom. The van der Waals surface area contributed by atoms with Crippen LogP contribution in [-0.2, 0) is 0 Å². The van der Waals surface area contributed by atoms with Gasteiger partial charge in [-0.1, -0.05) is 30.3 Å². The van der Waals surface area contributed by atoms with Crippen LogP contribution in [0.3, 0.4) is 0 Å². The lowest BCUT2D eigenvalue weighted by atomic mass is 10.0. The van der Waals surface area contributed by atoms with Crippen LogP contribution in [0.15, 0.2) is 48.5 Å². The van der Waals surface area contributed by atoms with Gasteiger partial charge in [-0.3, -0.25) is 14.9 Å². The van der Waals surface area contributed by atoms with Gasteiger partial charge in [0.15, 0.2) is 5.69 Å². The molecular weight excluding hydrogens is 374 g/mol. The van der Waals surface area contributed by atoms with E-state index in [-0.39, 0.29) is 23.3 Å². The highest BCUT2D eigenvalue weighted by Gasteiger charge is 2.21. The average Bonchev–Trinajstić information content (AvgIpc) is 3.13. The molecule has 1 amide bonds. The lowest BCUT2D eigenvalue weighted by Gasteiger charge is -2.17. The molecule has 29 heavy (non-hydrogen) atoms. The summed E-state index contributed by atoms with van der Waals surface area (Å²) in [6, 6.07) is 13.3. The first-order valence-electron chi connectivity index (χ1n) is 9.06. The number of nitro groups is 1. The van der Waals surface area contributed by atoms with Gasteiger partial charge in [0, 0.05) is 12.1 Å². The molecule has 0 aliphatic carbocycles. The van der Waals surface area contributed by atoms with Crippen molar-refractivity contribution in [3.63, 3.8) is 0 Å². The Bertz CT molecular complexity index is 1030. The molecule has 3 rings (SSSR count). The predicted molar refractivity (Wildman–Crippen MR) is 106 cm³/mol. The molecule has 0 fully saturated rings. The lowest BCUT2D eigenvalue weighted by Crippen LogP contribution is -2.29. The Morgan fingerprint density at radius 2 is 2.00 bits per heavy atom. The second-order valence-electron chi connectivity index (χ2n) is 6.42. The number of hydrogen-bond donors (Lipinski definition) is 1. The molecule has 1 unspecified atom stereocenters. The van der Waals surface area contributed by atoms with E-state index in [1.54, 1.807) is 26.2 Å². The zero-order chi connectivity index (χ0) is 21.0. The molecule has 0 spiro atoms. The highest BCUT2D eigenvalue weighted by atomic mass is 16.6. The molecule has 1 heterocycles. The van der Waals surface area contributed by atoms with Crippen molar-refractivity contribution in [2.45, 2.75) is 26.3 Å². The van der Waals surface area contributed by atoms with Crippen LogP contribution in [0.2, 0.25) is 0 Å². The summed E-state index contributed by atoms with van der Waals surface area (Å²) in [6.45, 7) is 3.67. The monoisotopic (exact) mass is 395 g/mol. The average molecular weight is 395 g/mol. The van der Waals surface area contributed by atoms with E-state index < -0.39 is 4.92 Å². The Balaban J connectivity index is 1.82. The fourth-order valence-electron chi connectivity index (χ4n) is 3.01. The third-order valence-electron chi connectivity index (χ3n) is 4.63. The van der Waals surface area contributed by atoms with Crippen molar-refractivity contribution < 1.29 is 14.5 Å². The number of non-ortho nitro benzene ring substituents is 1. The van der Waals surface area contributed by atoms with E-state index in [1.807, 2.05) is 31.2 Å². The van der Waals surface area contributed by atoms with E-state index in [2.05, 4.69) is 15.6 Å². The van der Waals surface area contributed by atoms with Gasteiger partial charge in [0.05, 0.1) is 29.5 Å². The van der Waals surface area contributed by atoms with Crippen molar-refractivity contribution in [3.8, 4) is 11.4 Å². The van der Waals surface area contributed by atoms with E-state index in [4.69, 9.17) is 4.74 Å². The van der Waals surface area contributed by atoms with Crippen molar-refractivity contribution in [2.75, 3.05) is 7.11 Å². The molecule has 150 valence electrons. The van der Waals surface area contributed by atoms with E-state index in [0.717, 1.165) is 11.3 Å². The fourth-order valence-corrected chi connectivity index (χ4v) is 3.01. The van der Waals surface area contributed by atoms with Crippen LogP contribution in [0.25, 0.3) is 5.69 Å². The molecule has 3 aromatic rings. The van der Waals surface area contributed by atoms with Crippen LogP contribution < -0.4 is 10.1 Å². The van der Waals surface area contributed by atoms with E-state index in [0.29, 0.717) is 17.8 Å². The molecule has 0 bridgehead atoms. The van der Waals surface area contributed by atoms with Gasteiger partial charge in [-0.2, -0.15) is 0 Å². The second kappa shape index (κ2) is 8.51. The van der Waals surface area contributed by atoms with Crippen molar-refractivity contribution in [1.29, 1.82) is 0 Å².